The summed E-state index contributed by atoms with van der Waals surface area (Å²) >= 11 is 1.45. The molecule has 0 spiro atoms. The molecule has 23 heavy (non-hydrogen) atoms. The second-order valence-electron chi connectivity index (χ2n) is 5.46. The van der Waals surface area contributed by atoms with Crippen molar-refractivity contribution < 1.29 is 0 Å². The standard InChI is InChI=1S/C15H20N6OS/c1-4-12-10-13(22)21-14(17-12)23-15(18-21)19(3)7-5-8-20-9-6-16-11(20)2/h6,9-10H,4-5,7-8H2,1-3H3. The molecule has 0 saturated heterocycles. The Kier molecular flexibility index (Phi) is 4.42. The van der Waals surface area contributed by atoms with Gasteiger partial charge in [0.15, 0.2) is 0 Å². The Hall–Kier alpha value is -2.22. The third-order valence-corrected chi connectivity index (χ3v) is 4.82. The topological polar surface area (TPSA) is 68.3 Å². The van der Waals surface area contributed by atoms with E-state index in [1.807, 2.05) is 33.3 Å². The molecule has 0 unspecified atom stereocenters. The molecule has 0 aliphatic rings. The molecule has 0 radical (unpaired) electrons. The van der Waals surface area contributed by atoms with Crippen LogP contribution in [0.3, 0.4) is 0 Å². The quantitative estimate of drug-likeness (QED) is 0.688. The number of imidazole rings is 1. The van der Waals surface area contributed by atoms with Crippen LogP contribution in [-0.4, -0.2) is 37.7 Å². The summed E-state index contributed by atoms with van der Waals surface area (Å²) in [6.45, 7) is 5.76. The highest BCUT2D eigenvalue weighted by Crippen LogP contribution is 2.20. The van der Waals surface area contributed by atoms with E-state index in [0.29, 0.717) is 4.96 Å². The maximum Gasteiger partial charge on any atom is 0.275 e. The SMILES string of the molecule is CCc1cc(=O)n2nc(N(C)CCCn3ccnc3C)sc2n1. The Morgan fingerprint density at radius 3 is 2.91 bits per heavy atom. The first kappa shape index (κ1) is 15.7. The molecule has 0 aliphatic heterocycles. The minimum Gasteiger partial charge on any atom is -0.350 e. The predicted molar refractivity (Wildman–Crippen MR) is 91.4 cm³/mol. The first-order valence-electron chi connectivity index (χ1n) is 7.67. The molecule has 8 heteroatoms. The lowest BCUT2D eigenvalue weighted by Crippen LogP contribution is -2.21. The first-order chi connectivity index (χ1) is 11.1. The van der Waals surface area contributed by atoms with E-state index in [2.05, 4.69) is 24.5 Å². The number of aromatic nitrogens is 5. The summed E-state index contributed by atoms with van der Waals surface area (Å²) in [6, 6.07) is 1.55. The predicted octanol–water partition coefficient (Wildman–Crippen LogP) is 1.74. The molecule has 3 rings (SSSR count). The Labute approximate surface area is 138 Å². The Morgan fingerprint density at radius 2 is 2.22 bits per heavy atom. The minimum absolute atomic E-state index is 0.114. The Morgan fingerprint density at radius 1 is 1.39 bits per heavy atom. The van der Waals surface area contributed by atoms with Gasteiger partial charge in [0.05, 0.1) is 0 Å². The molecule has 0 aromatic carbocycles. The number of anilines is 1. The summed E-state index contributed by atoms with van der Waals surface area (Å²) in [5.74, 6) is 1.02. The van der Waals surface area contributed by atoms with Crippen molar-refractivity contribution in [3.8, 4) is 0 Å². The highest BCUT2D eigenvalue weighted by Gasteiger charge is 2.11. The van der Waals surface area contributed by atoms with Gasteiger partial charge >= 0.3 is 0 Å². The van der Waals surface area contributed by atoms with E-state index >= 15 is 0 Å². The summed E-state index contributed by atoms with van der Waals surface area (Å²) in [7, 11) is 1.99. The van der Waals surface area contributed by atoms with Crippen LogP contribution < -0.4 is 10.5 Å². The van der Waals surface area contributed by atoms with Crippen molar-refractivity contribution in [3.05, 3.63) is 40.3 Å². The van der Waals surface area contributed by atoms with Gasteiger partial charge < -0.3 is 9.47 Å². The zero-order valence-corrected chi connectivity index (χ0v) is 14.4. The van der Waals surface area contributed by atoms with E-state index in [4.69, 9.17) is 0 Å². The number of aryl methyl sites for hydroxylation is 3. The summed E-state index contributed by atoms with van der Waals surface area (Å²) in [5, 5.41) is 5.20. The van der Waals surface area contributed by atoms with E-state index in [1.165, 1.54) is 15.9 Å². The lowest BCUT2D eigenvalue weighted by molar-refractivity contribution is 0.621. The molecule has 3 aromatic heterocycles. The molecule has 0 atom stereocenters. The van der Waals surface area contributed by atoms with Crippen LogP contribution in [0.2, 0.25) is 0 Å². The molecule has 0 aliphatic carbocycles. The smallest absolute Gasteiger partial charge is 0.275 e. The number of fused-ring (bicyclic) bond motifs is 1. The highest BCUT2D eigenvalue weighted by molar-refractivity contribution is 7.20. The first-order valence-corrected chi connectivity index (χ1v) is 8.49. The van der Waals surface area contributed by atoms with Crippen LogP contribution in [0.1, 0.15) is 24.9 Å². The fourth-order valence-electron chi connectivity index (χ4n) is 2.40. The van der Waals surface area contributed by atoms with Crippen molar-refractivity contribution in [1.82, 2.24) is 24.1 Å². The van der Waals surface area contributed by atoms with Gasteiger partial charge in [-0.05, 0) is 19.8 Å². The molecule has 0 N–H and O–H groups in total. The second kappa shape index (κ2) is 6.49. The summed E-state index contributed by atoms with van der Waals surface area (Å²) in [6.07, 6.45) is 5.53. The van der Waals surface area contributed by atoms with Crippen LogP contribution in [0.25, 0.3) is 4.96 Å². The van der Waals surface area contributed by atoms with Crippen LogP contribution >= 0.6 is 11.3 Å². The fraction of sp³-hybridized carbons (Fsp3) is 0.467. The maximum absolute atomic E-state index is 12.0. The van der Waals surface area contributed by atoms with Crippen LogP contribution in [0.15, 0.2) is 23.3 Å². The zero-order chi connectivity index (χ0) is 16.4. The third-order valence-electron chi connectivity index (χ3n) is 3.79. The lowest BCUT2D eigenvalue weighted by Gasteiger charge is -2.15. The van der Waals surface area contributed by atoms with Crippen molar-refractivity contribution in [1.29, 1.82) is 0 Å². The average Bonchev–Trinajstić information content (AvgIpc) is 3.14. The van der Waals surface area contributed by atoms with Gasteiger partial charge in [-0.15, -0.1) is 5.10 Å². The third kappa shape index (κ3) is 3.26. The second-order valence-corrected chi connectivity index (χ2v) is 6.40. The van der Waals surface area contributed by atoms with Gasteiger partial charge in [0, 0.05) is 44.3 Å². The molecule has 0 saturated carbocycles. The minimum atomic E-state index is -0.114. The molecular weight excluding hydrogens is 312 g/mol. The molecule has 0 amide bonds. The van der Waals surface area contributed by atoms with Crippen molar-refractivity contribution >= 4 is 21.4 Å². The Bertz CT molecular complexity index is 864. The lowest BCUT2D eigenvalue weighted by atomic mass is 10.3. The molecule has 7 nitrogen and oxygen atoms in total. The number of hydrogen-bond acceptors (Lipinski definition) is 6. The maximum atomic E-state index is 12.0. The molecule has 3 aromatic rings. The van der Waals surface area contributed by atoms with Gasteiger partial charge in [0.2, 0.25) is 10.1 Å². The van der Waals surface area contributed by atoms with Gasteiger partial charge in [0.25, 0.3) is 5.56 Å². The molecule has 0 bridgehead atoms. The average molecular weight is 332 g/mol. The van der Waals surface area contributed by atoms with Crippen molar-refractivity contribution in [2.75, 3.05) is 18.5 Å². The van der Waals surface area contributed by atoms with E-state index < -0.39 is 0 Å². The molecular formula is C15H20N6OS. The summed E-state index contributed by atoms with van der Waals surface area (Å²) in [4.78, 5) is 23.5. The molecule has 3 heterocycles. The summed E-state index contributed by atoms with van der Waals surface area (Å²) in [5.41, 5.74) is 0.695. The van der Waals surface area contributed by atoms with Gasteiger partial charge in [-0.25, -0.2) is 9.97 Å². The van der Waals surface area contributed by atoms with E-state index in [1.54, 1.807) is 6.07 Å². The normalized spacial score (nSPS) is 11.3. The van der Waals surface area contributed by atoms with Crippen molar-refractivity contribution in [2.45, 2.75) is 33.2 Å². The Balaban J connectivity index is 1.71. The van der Waals surface area contributed by atoms with Crippen LogP contribution in [-0.2, 0) is 13.0 Å². The van der Waals surface area contributed by atoms with Crippen LogP contribution in [0.5, 0.6) is 0 Å². The van der Waals surface area contributed by atoms with Gasteiger partial charge in [-0.1, -0.05) is 18.3 Å². The van der Waals surface area contributed by atoms with E-state index in [-0.39, 0.29) is 5.56 Å². The van der Waals surface area contributed by atoms with Gasteiger partial charge in [-0.3, -0.25) is 4.79 Å². The number of rotatable bonds is 6. The van der Waals surface area contributed by atoms with Crippen LogP contribution in [0, 0.1) is 6.92 Å². The number of hydrogen-bond donors (Lipinski definition) is 0. The van der Waals surface area contributed by atoms with E-state index in [0.717, 1.165) is 42.6 Å². The largest absolute Gasteiger partial charge is 0.350 e. The molecule has 0 fully saturated rings. The summed E-state index contributed by atoms with van der Waals surface area (Å²) < 4.78 is 3.52. The van der Waals surface area contributed by atoms with Crippen molar-refractivity contribution in [2.24, 2.45) is 0 Å². The van der Waals surface area contributed by atoms with Crippen LogP contribution in [0.4, 0.5) is 5.13 Å². The highest BCUT2D eigenvalue weighted by atomic mass is 32.1. The van der Waals surface area contributed by atoms with Gasteiger partial charge in [0.1, 0.15) is 5.82 Å². The number of nitrogens with zero attached hydrogens (tertiary/aromatic N) is 6. The molecule has 122 valence electrons. The fourth-order valence-corrected chi connectivity index (χ4v) is 3.31. The monoisotopic (exact) mass is 332 g/mol. The van der Waals surface area contributed by atoms with Crippen molar-refractivity contribution in [3.63, 3.8) is 0 Å². The van der Waals surface area contributed by atoms with Gasteiger partial charge in [-0.2, -0.15) is 4.52 Å². The van der Waals surface area contributed by atoms with E-state index in [9.17, 15) is 4.79 Å². The zero-order valence-electron chi connectivity index (χ0n) is 13.6.